The van der Waals surface area contributed by atoms with Crippen molar-refractivity contribution in [1.29, 1.82) is 0 Å². The quantitative estimate of drug-likeness (QED) is 0.563. The zero-order valence-electron chi connectivity index (χ0n) is 13.2. The van der Waals surface area contributed by atoms with Crippen LogP contribution in [0.5, 0.6) is 0 Å². The molecule has 126 valence electrons. The Bertz CT molecular complexity index is 1040. The molecule has 0 bridgehead atoms. The molecule has 1 aliphatic carbocycles. The molecule has 0 spiro atoms. The van der Waals surface area contributed by atoms with E-state index in [-0.39, 0.29) is 14.0 Å². The fourth-order valence-corrected chi connectivity index (χ4v) is 3.50. The van der Waals surface area contributed by atoms with Crippen molar-refractivity contribution < 1.29 is 22.7 Å². The van der Waals surface area contributed by atoms with E-state index in [2.05, 4.69) is 18.2 Å². The van der Waals surface area contributed by atoms with E-state index in [4.69, 9.17) is 0 Å². The minimum atomic E-state index is -1.24. The number of fused-ring (bicyclic) bond motifs is 3. The second kappa shape index (κ2) is 5.60. The fraction of sp³-hybridized carbons (Fsp3) is 0.0476. The largest absolute Gasteiger partial charge is 0.478 e. The van der Waals surface area contributed by atoms with Crippen LogP contribution in [0.2, 0.25) is 0 Å². The number of hydrogen-bond acceptors (Lipinski definition) is 2. The van der Waals surface area contributed by atoms with Crippen LogP contribution in [0.4, 0.5) is 0 Å². The number of carbonyl (C=O) groups is 2. The van der Waals surface area contributed by atoms with Gasteiger partial charge in [0.15, 0.2) is 0 Å². The van der Waals surface area contributed by atoms with Crippen LogP contribution in [0.25, 0.3) is 22.3 Å². The van der Waals surface area contributed by atoms with Gasteiger partial charge in [-0.3, -0.25) is 0 Å². The van der Waals surface area contributed by atoms with E-state index in [0.29, 0.717) is 5.56 Å². The molecular formula is C21H18O4. The summed E-state index contributed by atoms with van der Waals surface area (Å²) in [5.41, 5.74) is 5.98. The Balaban J connectivity index is 0.00000131. The van der Waals surface area contributed by atoms with Crippen molar-refractivity contribution >= 4 is 11.9 Å². The van der Waals surface area contributed by atoms with Crippen LogP contribution < -0.4 is 0 Å². The zero-order valence-corrected chi connectivity index (χ0v) is 13.2. The SMILES string of the molecule is O=C(O)c1ccc(-c2cccc3c2Cc2ccccc2-3)cc1C(=O)O.[HH].[HH]. The highest BCUT2D eigenvalue weighted by Gasteiger charge is 2.22. The number of carboxylic acids is 2. The first-order valence-corrected chi connectivity index (χ1v) is 7.87. The lowest BCUT2D eigenvalue weighted by Crippen LogP contribution is -2.08. The summed E-state index contributed by atoms with van der Waals surface area (Å²) in [5.74, 6) is -2.48. The average Bonchev–Trinajstić information content (AvgIpc) is 2.99. The Morgan fingerprint density at radius 1 is 0.760 bits per heavy atom. The number of carboxylic acid groups (broad SMARTS) is 2. The lowest BCUT2D eigenvalue weighted by atomic mass is 9.93. The fourth-order valence-electron chi connectivity index (χ4n) is 3.50. The maximum Gasteiger partial charge on any atom is 0.336 e. The van der Waals surface area contributed by atoms with Gasteiger partial charge in [0.1, 0.15) is 0 Å². The molecule has 0 atom stereocenters. The lowest BCUT2D eigenvalue weighted by Gasteiger charge is -2.11. The lowest BCUT2D eigenvalue weighted by molar-refractivity contribution is 0.0651. The van der Waals surface area contributed by atoms with Crippen molar-refractivity contribution in [1.82, 2.24) is 0 Å². The molecule has 0 amide bonds. The predicted molar refractivity (Wildman–Crippen MR) is 98.3 cm³/mol. The van der Waals surface area contributed by atoms with Crippen LogP contribution >= 0.6 is 0 Å². The van der Waals surface area contributed by atoms with Gasteiger partial charge in [-0.2, -0.15) is 0 Å². The van der Waals surface area contributed by atoms with Gasteiger partial charge < -0.3 is 10.2 Å². The third-order valence-corrected chi connectivity index (χ3v) is 4.64. The Morgan fingerprint density at radius 3 is 2.20 bits per heavy atom. The van der Waals surface area contributed by atoms with Gasteiger partial charge in [-0.1, -0.05) is 48.5 Å². The Labute approximate surface area is 147 Å². The third-order valence-electron chi connectivity index (χ3n) is 4.64. The van der Waals surface area contributed by atoms with Crippen molar-refractivity contribution in [2.24, 2.45) is 0 Å². The molecule has 0 fully saturated rings. The molecule has 0 aliphatic heterocycles. The van der Waals surface area contributed by atoms with Crippen molar-refractivity contribution in [3.63, 3.8) is 0 Å². The van der Waals surface area contributed by atoms with Crippen LogP contribution in [0.1, 0.15) is 34.7 Å². The highest BCUT2D eigenvalue weighted by Crippen LogP contribution is 2.41. The third kappa shape index (κ3) is 2.39. The smallest absolute Gasteiger partial charge is 0.336 e. The van der Waals surface area contributed by atoms with Gasteiger partial charge in [0.05, 0.1) is 11.1 Å². The van der Waals surface area contributed by atoms with Gasteiger partial charge >= 0.3 is 11.9 Å². The summed E-state index contributed by atoms with van der Waals surface area (Å²) >= 11 is 0. The maximum atomic E-state index is 11.5. The number of aromatic carboxylic acids is 2. The molecule has 4 rings (SSSR count). The molecule has 0 radical (unpaired) electrons. The molecule has 3 aromatic carbocycles. The summed E-state index contributed by atoms with van der Waals surface area (Å²) in [7, 11) is 0. The molecule has 1 aliphatic rings. The molecule has 2 N–H and O–H groups in total. The summed E-state index contributed by atoms with van der Waals surface area (Å²) < 4.78 is 0. The van der Waals surface area contributed by atoms with Gasteiger partial charge in [0.2, 0.25) is 0 Å². The van der Waals surface area contributed by atoms with E-state index < -0.39 is 11.9 Å². The molecular weight excluding hydrogens is 316 g/mol. The van der Waals surface area contributed by atoms with E-state index in [1.807, 2.05) is 24.3 Å². The molecule has 0 unspecified atom stereocenters. The van der Waals surface area contributed by atoms with Crippen LogP contribution in [-0.2, 0) is 6.42 Å². The molecule has 0 aromatic heterocycles. The van der Waals surface area contributed by atoms with Gasteiger partial charge in [-0.05, 0) is 51.9 Å². The van der Waals surface area contributed by atoms with Crippen LogP contribution in [0.3, 0.4) is 0 Å². The first-order chi connectivity index (χ1) is 12.1. The van der Waals surface area contributed by atoms with Crippen molar-refractivity contribution in [2.45, 2.75) is 6.42 Å². The van der Waals surface area contributed by atoms with Gasteiger partial charge in [-0.15, -0.1) is 0 Å². The highest BCUT2D eigenvalue weighted by atomic mass is 16.4. The van der Waals surface area contributed by atoms with E-state index in [0.717, 1.165) is 23.1 Å². The molecule has 0 saturated carbocycles. The summed E-state index contributed by atoms with van der Waals surface area (Å²) in [6.45, 7) is 0. The monoisotopic (exact) mass is 334 g/mol. The van der Waals surface area contributed by atoms with E-state index >= 15 is 0 Å². The van der Waals surface area contributed by atoms with Crippen LogP contribution in [0, 0.1) is 0 Å². The van der Waals surface area contributed by atoms with Crippen LogP contribution in [-0.4, -0.2) is 22.2 Å². The summed E-state index contributed by atoms with van der Waals surface area (Å²) in [4.78, 5) is 22.7. The second-order valence-electron chi connectivity index (χ2n) is 6.04. The Hall–Kier alpha value is -3.40. The zero-order chi connectivity index (χ0) is 17.6. The van der Waals surface area contributed by atoms with Crippen molar-refractivity contribution in [3.05, 3.63) is 82.9 Å². The first kappa shape index (κ1) is 15.1. The second-order valence-corrected chi connectivity index (χ2v) is 6.04. The molecule has 3 aromatic rings. The minimum absolute atomic E-state index is 0. The standard InChI is InChI=1S/C21H14O4.2H2/c22-20(23)17-9-8-13(11-19(17)21(24)25)15-6-3-7-16-14-5-2-1-4-12(14)10-18(15)16;;/h1-9,11H,10H2,(H,22,23)(H,24,25);2*1H. The highest BCUT2D eigenvalue weighted by molar-refractivity contribution is 6.03. The van der Waals surface area contributed by atoms with E-state index in [1.54, 1.807) is 6.07 Å². The van der Waals surface area contributed by atoms with E-state index in [9.17, 15) is 19.8 Å². The van der Waals surface area contributed by atoms with Gasteiger partial charge in [0.25, 0.3) is 0 Å². The first-order valence-electron chi connectivity index (χ1n) is 7.87. The Morgan fingerprint density at radius 2 is 1.44 bits per heavy atom. The maximum absolute atomic E-state index is 11.5. The normalized spacial score (nSPS) is 11.7. The topological polar surface area (TPSA) is 74.6 Å². The summed E-state index contributed by atoms with van der Waals surface area (Å²) in [6.07, 6.45) is 0.783. The molecule has 0 saturated heterocycles. The summed E-state index contributed by atoms with van der Waals surface area (Å²) in [6, 6.07) is 18.6. The molecule has 25 heavy (non-hydrogen) atoms. The summed E-state index contributed by atoms with van der Waals surface area (Å²) in [5, 5.41) is 18.5. The average molecular weight is 334 g/mol. The number of benzene rings is 3. The van der Waals surface area contributed by atoms with Gasteiger partial charge in [0, 0.05) is 2.85 Å². The number of rotatable bonds is 3. The molecule has 0 heterocycles. The Kier molecular flexibility index (Phi) is 3.39. The van der Waals surface area contributed by atoms with Crippen molar-refractivity contribution in [3.8, 4) is 22.3 Å². The van der Waals surface area contributed by atoms with Crippen molar-refractivity contribution in [2.75, 3.05) is 0 Å². The van der Waals surface area contributed by atoms with Gasteiger partial charge in [-0.25, -0.2) is 9.59 Å². The minimum Gasteiger partial charge on any atom is -0.478 e. The molecule has 4 heteroatoms. The predicted octanol–water partition coefficient (Wildman–Crippen LogP) is 4.81. The van der Waals surface area contributed by atoms with Crippen LogP contribution in [0.15, 0.2) is 60.7 Å². The van der Waals surface area contributed by atoms with E-state index in [1.165, 1.54) is 23.3 Å². The molecule has 4 nitrogen and oxygen atoms in total. The number of hydrogen-bond donors (Lipinski definition) is 2.